The summed E-state index contributed by atoms with van der Waals surface area (Å²) in [4.78, 5) is 9.54. The maximum Gasteiger partial charge on any atom is 0.160 e. The molecular weight excluding hydrogens is 374 g/mol. The van der Waals surface area contributed by atoms with E-state index in [2.05, 4.69) is 52.9 Å². The summed E-state index contributed by atoms with van der Waals surface area (Å²) >= 11 is 0. The van der Waals surface area contributed by atoms with E-state index in [1.54, 1.807) is 14.2 Å². The van der Waals surface area contributed by atoms with Crippen molar-refractivity contribution in [3.8, 4) is 11.5 Å². The molecule has 1 aromatic carbocycles. The number of benzene rings is 1. The summed E-state index contributed by atoms with van der Waals surface area (Å²) in [5, 5.41) is 0. The first-order chi connectivity index (χ1) is 13.1. The van der Waals surface area contributed by atoms with E-state index in [1.165, 1.54) is 5.56 Å². The molecule has 28 heavy (non-hydrogen) atoms. The second-order valence-electron chi connectivity index (χ2n) is 7.32. The number of piperazine rings is 1. The van der Waals surface area contributed by atoms with Crippen LogP contribution in [0.25, 0.3) is 0 Å². The summed E-state index contributed by atoms with van der Waals surface area (Å²) in [5.41, 5.74) is 1.29. The van der Waals surface area contributed by atoms with Crippen LogP contribution in [0.2, 0.25) is 0 Å². The molecule has 1 fully saturated rings. The van der Waals surface area contributed by atoms with Crippen LogP contribution < -0.4 is 14.4 Å². The Kier molecular flexibility index (Phi) is 8.39. The molecular formula is C22H32ClN3O2. The van der Waals surface area contributed by atoms with E-state index in [0.717, 1.165) is 49.8 Å². The van der Waals surface area contributed by atoms with Gasteiger partial charge >= 0.3 is 0 Å². The number of nitrogens with zero attached hydrogens (tertiary/aromatic N) is 3. The van der Waals surface area contributed by atoms with E-state index in [0.29, 0.717) is 12.1 Å². The Labute approximate surface area is 175 Å². The van der Waals surface area contributed by atoms with Crippen molar-refractivity contribution in [2.24, 2.45) is 0 Å². The molecule has 6 heteroatoms. The number of halogens is 1. The average molecular weight is 406 g/mol. The molecule has 0 amide bonds. The van der Waals surface area contributed by atoms with Crippen molar-refractivity contribution in [3.05, 3.63) is 48.2 Å². The van der Waals surface area contributed by atoms with Gasteiger partial charge in [-0.3, -0.25) is 4.90 Å². The lowest BCUT2D eigenvalue weighted by Gasteiger charge is -2.45. The van der Waals surface area contributed by atoms with Gasteiger partial charge in [0.2, 0.25) is 0 Å². The summed E-state index contributed by atoms with van der Waals surface area (Å²) in [6.07, 6.45) is 4.05. The van der Waals surface area contributed by atoms with Crippen LogP contribution in [-0.4, -0.2) is 55.8 Å². The fourth-order valence-electron chi connectivity index (χ4n) is 4.03. The van der Waals surface area contributed by atoms with Crippen molar-refractivity contribution in [3.63, 3.8) is 0 Å². The number of hydrogen-bond donors (Lipinski definition) is 0. The van der Waals surface area contributed by atoms with Crippen LogP contribution in [0.3, 0.4) is 0 Å². The normalized spacial score (nSPS) is 19.8. The number of pyridine rings is 1. The van der Waals surface area contributed by atoms with E-state index >= 15 is 0 Å². The van der Waals surface area contributed by atoms with E-state index in [4.69, 9.17) is 9.47 Å². The molecule has 0 aliphatic carbocycles. The molecule has 1 aromatic heterocycles. The third-order valence-electron chi connectivity index (χ3n) is 5.40. The highest BCUT2D eigenvalue weighted by Gasteiger charge is 2.29. The van der Waals surface area contributed by atoms with Crippen molar-refractivity contribution in [1.29, 1.82) is 0 Å². The van der Waals surface area contributed by atoms with Gasteiger partial charge in [0.1, 0.15) is 5.82 Å². The van der Waals surface area contributed by atoms with E-state index in [9.17, 15) is 0 Å². The zero-order valence-corrected chi connectivity index (χ0v) is 18.1. The minimum Gasteiger partial charge on any atom is -0.493 e. The fraction of sp³-hybridized carbons (Fsp3) is 0.500. The van der Waals surface area contributed by atoms with Crippen molar-refractivity contribution in [2.45, 2.75) is 38.8 Å². The number of rotatable bonds is 7. The zero-order chi connectivity index (χ0) is 19.2. The van der Waals surface area contributed by atoms with Gasteiger partial charge in [-0.05, 0) is 63.1 Å². The molecule has 1 aliphatic heterocycles. The highest BCUT2D eigenvalue weighted by Crippen LogP contribution is 2.28. The highest BCUT2D eigenvalue weighted by atomic mass is 35.5. The van der Waals surface area contributed by atoms with Crippen molar-refractivity contribution in [2.75, 3.05) is 38.8 Å². The maximum atomic E-state index is 5.41. The molecule has 0 saturated carbocycles. The van der Waals surface area contributed by atoms with Crippen LogP contribution in [0.4, 0.5) is 5.82 Å². The van der Waals surface area contributed by atoms with Crippen LogP contribution in [-0.2, 0) is 6.42 Å². The molecule has 1 aliphatic rings. The standard InChI is InChI=1S/C22H31N3O2.ClH/c1-17-15-24(22-9-5-6-12-23-22)16-18(2)25(17)13-7-8-19-10-11-20(26-3)21(14-19)27-4;/h5-6,9-12,14,17-18H,7-8,13,15-16H2,1-4H3;1H/t17-,18+;. The molecule has 0 spiro atoms. The zero-order valence-electron chi connectivity index (χ0n) is 17.3. The van der Waals surface area contributed by atoms with Crippen molar-refractivity contribution >= 4 is 18.2 Å². The molecule has 3 rings (SSSR count). The molecule has 0 bridgehead atoms. The average Bonchev–Trinajstić information content (AvgIpc) is 2.70. The third-order valence-corrected chi connectivity index (χ3v) is 5.40. The lowest BCUT2D eigenvalue weighted by Crippen LogP contribution is -2.57. The Balaban J connectivity index is 0.00000280. The summed E-state index contributed by atoms with van der Waals surface area (Å²) in [7, 11) is 3.36. The van der Waals surface area contributed by atoms with Gasteiger partial charge in [0.25, 0.3) is 0 Å². The molecule has 0 radical (unpaired) electrons. The van der Waals surface area contributed by atoms with E-state index in [1.807, 2.05) is 18.3 Å². The number of anilines is 1. The van der Waals surface area contributed by atoms with Crippen LogP contribution in [0.1, 0.15) is 25.8 Å². The second-order valence-corrected chi connectivity index (χ2v) is 7.32. The highest BCUT2D eigenvalue weighted by molar-refractivity contribution is 5.85. The second kappa shape index (κ2) is 10.5. The minimum absolute atomic E-state index is 0. The largest absolute Gasteiger partial charge is 0.493 e. The fourth-order valence-corrected chi connectivity index (χ4v) is 4.03. The van der Waals surface area contributed by atoms with Crippen molar-refractivity contribution in [1.82, 2.24) is 9.88 Å². The molecule has 154 valence electrons. The van der Waals surface area contributed by atoms with Gasteiger partial charge in [0.15, 0.2) is 11.5 Å². The Morgan fingerprint density at radius 2 is 1.71 bits per heavy atom. The van der Waals surface area contributed by atoms with E-state index in [-0.39, 0.29) is 12.4 Å². The molecule has 1 saturated heterocycles. The van der Waals surface area contributed by atoms with Gasteiger partial charge in [-0.25, -0.2) is 4.98 Å². The summed E-state index contributed by atoms with van der Waals surface area (Å²) in [5.74, 6) is 2.68. The van der Waals surface area contributed by atoms with Crippen LogP contribution in [0.15, 0.2) is 42.6 Å². The van der Waals surface area contributed by atoms with Gasteiger partial charge in [0.05, 0.1) is 14.2 Å². The number of methoxy groups -OCH3 is 2. The van der Waals surface area contributed by atoms with Crippen LogP contribution in [0, 0.1) is 0 Å². The van der Waals surface area contributed by atoms with E-state index < -0.39 is 0 Å². The van der Waals surface area contributed by atoms with Crippen LogP contribution in [0.5, 0.6) is 11.5 Å². The predicted octanol–water partition coefficient (Wildman–Crippen LogP) is 4.05. The first kappa shape index (κ1) is 22.3. The molecule has 5 nitrogen and oxygen atoms in total. The lowest BCUT2D eigenvalue weighted by molar-refractivity contribution is 0.130. The monoisotopic (exact) mass is 405 g/mol. The third kappa shape index (κ3) is 5.30. The number of aromatic nitrogens is 1. The van der Waals surface area contributed by atoms with Gasteiger partial charge < -0.3 is 14.4 Å². The number of hydrogen-bond acceptors (Lipinski definition) is 5. The molecule has 2 atom stereocenters. The molecule has 2 aromatic rings. The SMILES string of the molecule is COc1ccc(CCCN2[C@H](C)CN(c3ccccn3)C[C@@H]2C)cc1OC.Cl. The predicted molar refractivity (Wildman–Crippen MR) is 117 cm³/mol. The van der Waals surface area contributed by atoms with Crippen molar-refractivity contribution < 1.29 is 9.47 Å². The number of ether oxygens (including phenoxy) is 2. The molecule has 2 heterocycles. The number of aryl methyl sites for hydroxylation is 1. The Morgan fingerprint density at radius 1 is 1.00 bits per heavy atom. The van der Waals surface area contributed by atoms with Gasteiger partial charge in [0, 0.05) is 31.4 Å². The summed E-state index contributed by atoms with van der Waals surface area (Å²) < 4.78 is 10.7. The first-order valence-electron chi connectivity index (χ1n) is 9.75. The quantitative estimate of drug-likeness (QED) is 0.694. The minimum atomic E-state index is 0. The van der Waals surface area contributed by atoms with Gasteiger partial charge in [-0.2, -0.15) is 0 Å². The lowest BCUT2D eigenvalue weighted by atomic mass is 10.0. The molecule has 0 unspecified atom stereocenters. The Bertz CT molecular complexity index is 717. The van der Waals surface area contributed by atoms with Crippen LogP contribution >= 0.6 is 12.4 Å². The molecule has 0 N–H and O–H groups in total. The van der Waals surface area contributed by atoms with Gasteiger partial charge in [-0.15, -0.1) is 12.4 Å². The topological polar surface area (TPSA) is 37.8 Å². The first-order valence-corrected chi connectivity index (χ1v) is 9.75. The smallest absolute Gasteiger partial charge is 0.160 e. The Morgan fingerprint density at radius 3 is 2.32 bits per heavy atom. The summed E-state index contributed by atoms with van der Waals surface area (Å²) in [6, 6.07) is 13.4. The maximum absolute atomic E-state index is 5.41. The Hall–Kier alpha value is -1.98. The summed E-state index contributed by atoms with van der Waals surface area (Å²) in [6.45, 7) is 7.80. The van der Waals surface area contributed by atoms with Gasteiger partial charge in [-0.1, -0.05) is 12.1 Å².